The highest BCUT2D eigenvalue weighted by atomic mass is 16.5. The van der Waals surface area contributed by atoms with E-state index in [9.17, 15) is 0 Å². The van der Waals surface area contributed by atoms with Crippen molar-refractivity contribution in [3.8, 4) is 0 Å². The molecule has 1 unspecified atom stereocenters. The lowest BCUT2D eigenvalue weighted by Gasteiger charge is -2.18. The van der Waals surface area contributed by atoms with Crippen LogP contribution in [0.3, 0.4) is 0 Å². The molecular formula is C18H18N2O. The number of imidazole rings is 1. The summed E-state index contributed by atoms with van der Waals surface area (Å²) in [6, 6.07) is 20.4. The molecule has 3 heteroatoms. The number of hydrogen-bond acceptors (Lipinski definition) is 2. The highest BCUT2D eigenvalue weighted by molar-refractivity contribution is 5.24. The molecule has 21 heavy (non-hydrogen) atoms. The average molecular weight is 278 g/mol. The normalized spacial score (nSPS) is 12.2. The van der Waals surface area contributed by atoms with Gasteiger partial charge in [0.2, 0.25) is 0 Å². The van der Waals surface area contributed by atoms with Crippen LogP contribution in [0.5, 0.6) is 0 Å². The zero-order chi connectivity index (χ0) is 14.5. The van der Waals surface area contributed by atoms with Crippen molar-refractivity contribution in [2.45, 2.75) is 12.7 Å². The maximum Gasteiger partial charge on any atom is 0.142 e. The van der Waals surface area contributed by atoms with Crippen molar-refractivity contribution >= 4 is 0 Å². The minimum Gasteiger partial charge on any atom is -0.361 e. The van der Waals surface area contributed by atoms with Gasteiger partial charge in [0.25, 0.3) is 0 Å². The van der Waals surface area contributed by atoms with E-state index >= 15 is 0 Å². The molecule has 0 aliphatic rings. The fourth-order valence-electron chi connectivity index (χ4n) is 2.33. The summed E-state index contributed by atoms with van der Waals surface area (Å²) in [4.78, 5) is 4.44. The van der Waals surface area contributed by atoms with E-state index in [2.05, 4.69) is 29.2 Å². The first-order chi connectivity index (χ1) is 10.3. The molecule has 2 aromatic carbocycles. The summed E-state index contributed by atoms with van der Waals surface area (Å²) >= 11 is 0. The van der Waals surface area contributed by atoms with E-state index in [1.165, 1.54) is 0 Å². The van der Waals surface area contributed by atoms with Crippen LogP contribution >= 0.6 is 0 Å². The van der Waals surface area contributed by atoms with Crippen LogP contribution in [0.25, 0.3) is 0 Å². The SMILES string of the molecule is Cn1ccnc1C(OCc1ccccc1)c1ccccc1. The number of aryl methyl sites for hydroxylation is 1. The minimum atomic E-state index is -0.161. The predicted molar refractivity (Wildman–Crippen MR) is 82.7 cm³/mol. The van der Waals surface area contributed by atoms with Crippen LogP contribution in [0.2, 0.25) is 0 Å². The second-order valence-electron chi connectivity index (χ2n) is 4.98. The van der Waals surface area contributed by atoms with E-state index in [0.717, 1.165) is 17.0 Å². The van der Waals surface area contributed by atoms with Gasteiger partial charge in [-0.25, -0.2) is 4.98 Å². The Balaban J connectivity index is 1.85. The number of benzene rings is 2. The Bertz CT molecular complexity index is 677. The molecule has 106 valence electrons. The number of ether oxygens (including phenoxy) is 1. The van der Waals surface area contributed by atoms with E-state index in [-0.39, 0.29) is 6.10 Å². The van der Waals surface area contributed by atoms with E-state index in [0.29, 0.717) is 6.61 Å². The molecule has 3 aromatic rings. The van der Waals surface area contributed by atoms with E-state index in [4.69, 9.17) is 4.74 Å². The molecule has 0 fully saturated rings. The quantitative estimate of drug-likeness (QED) is 0.711. The summed E-state index contributed by atoms with van der Waals surface area (Å²) in [5, 5.41) is 0. The van der Waals surface area contributed by atoms with Gasteiger partial charge < -0.3 is 9.30 Å². The van der Waals surface area contributed by atoms with Crippen LogP contribution in [0.15, 0.2) is 73.1 Å². The van der Waals surface area contributed by atoms with Gasteiger partial charge in [0.1, 0.15) is 11.9 Å². The molecule has 3 rings (SSSR count). The summed E-state index contributed by atoms with van der Waals surface area (Å²) in [5.41, 5.74) is 2.27. The maximum absolute atomic E-state index is 6.16. The number of rotatable bonds is 5. The molecule has 1 atom stereocenters. The average Bonchev–Trinajstić information content (AvgIpc) is 2.96. The van der Waals surface area contributed by atoms with Crippen LogP contribution in [-0.2, 0) is 18.4 Å². The Morgan fingerprint density at radius 2 is 1.67 bits per heavy atom. The summed E-state index contributed by atoms with van der Waals surface area (Å²) in [7, 11) is 1.99. The van der Waals surface area contributed by atoms with Crippen molar-refractivity contribution in [2.24, 2.45) is 7.05 Å². The zero-order valence-corrected chi connectivity index (χ0v) is 12.0. The molecule has 0 spiro atoms. The summed E-state index contributed by atoms with van der Waals surface area (Å²) in [6.45, 7) is 0.563. The molecule has 0 bridgehead atoms. The van der Waals surface area contributed by atoms with Crippen molar-refractivity contribution in [3.63, 3.8) is 0 Å². The Morgan fingerprint density at radius 1 is 1.00 bits per heavy atom. The third-order valence-electron chi connectivity index (χ3n) is 3.45. The Kier molecular flexibility index (Phi) is 4.12. The summed E-state index contributed by atoms with van der Waals surface area (Å²) < 4.78 is 8.16. The summed E-state index contributed by atoms with van der Waals surface area (Å²) in [5.74, 6) is 0.914. The van der Waals surface area contributed by atoms with Gasteiger partial charge in [0.15, 0.2) is 0 Å². The third kappa shape index (κ3) is 3.20. The van der Waals surface area contributed by atoms with Crippen LogP contribution < -0.4 is 0 Å². The van der Waals surface area contributed by atoms with Gasteiger partial charge in [-0.3, -0.25) is 0 Å². The Labute approximate surface area is 124 Å². The van der Waals surface area contributed by atoms with Crippen LogP contribution in [0, 0.1) is 0 Å². The van der Waals surface area contributed by atoms with Gasteiger partial charge in [-0.05, 0) is 11.1 Å². The van der Waals surface area contributed by atoms with Crippen LogP contribution in [-0.4, -0.2) is 9.55 Å². The number of hydrogen-bond donors (Lipinski definition) is 0. The molecule has 0 amide bonds. The fraction of sp³-hybridized carbons (Fsp3) is 0.167. The monoisotopic (exact) mass is 278 g/mol. The first-order valence-corrected chi connectivity index (χ1v) is 7.02. The lowest BCUT2D eigenvalue weighted by Crippen LogP contribution is -2.11. The molecule has 0 radical (unpaired) electrons. The lowest BCUT2D eigenvalue weighted by molar-refractivity contribution is 0.0593. The van der Waals surface area contributed by atoms with Gasteiger partial charge in [-0.1, -0.05) is 60.7 Å². The zero-order valence-electron chi connectivity index (χ0n) is 12.0. The topological polar surface area (TPSA) is 27.1 Å². The van der Waals surface area contributed by atoms with Crippen molar-refractivity contribution in [1.29, 1.82) is 0 Å². The maximum atomic E-state index is 6.16. The largest absolute Gasteiger partial charge is 0.361 e. The Hall–Kier alpha value is -2.39. The van der Waals surface area contributed by atoms with Gasteiger partial charge >= 0.3 is 0 Å². The highest BCUT2D eigenvalue weighted by Crippen LogP contribution is 2.25. The van der Waals surface area contributed by atoms with Crippen molar-refractivity contribution in [2.75, 3.05) is 0 Å². The molecular weight excluding hydrogens is 260 g/mol. The first kappa shape index (κ1) is 13.6. The molecule has 0 aliphatic heterocycles. The Morgan fingerprint density at radius 3 is 2.29 bits per heavy atom. The summed E-state index contributed by atoms with van der Waals surface area (Å²) in [6.07, 6.45) is 3.58. The molecule has 0 N–H and O–H groups in total. The number of nitrogens with zero attached hydrogens (tertiary/aromatic N) is 2. The van der Waals surface area contributed by atoms with E-state index in [1.807, 2.05) is 54.2 Å². The van der Waals surface area contributed by atoms with Crippen molar-refractivity contribution in [1.82, 2.24) is 9.55 Å². The van der Waals surface area contributed by atoms with Gasteiger partial charge in [-0.15, -0.1) is 0 Å². The molecule has 1 aromatic heterocycles. The predicted octanol–water partition coefficient (Wildman–Crippen LogP) is 3.73. The number of aromatic nitrogens is 2. The molecule has 0 aliphatic carbocycles. The van der Waals surface area contributed by atoms with Crippen molar-refractivity contribution < 1.29 is 4.74 Å². The van der Waals surface area contributed by atoms with E-state index in [1.54, 1.807) is 6.20 Å². The highest BCUT2D eigenvalue weighted by Gasteiger charge is 2.18. The van der Waals surface area contributed by atoms with E-state index < -0.39 is 0 Å². The van der Waals surface area contributed by atoms with Gasteiger partial charge in [-0.2, -0.15) is 0 Å². The first-order valence-electron chi connectivity index (χ1n) is 7.02. The molecule has 3 nitrogen and oxygen atoms in total. The van der Waals surface area contributed by atoms with Crippen LogP contribution in [0.1, 0.15) is 23.1 Å². The second-order valence-corrected chi connectivity index (χ2v) is 4.98. The van der Waals surface area contributed by atoms with Gasteiger partial charge in [0, 0.05) is 19.4 Å². The van der Waals surface area contributed by atoms with Gasteiger partial charge in [0.05, 0.1) is 6.61 Å². The minimum absolute atomic E-state index is 0.161. The molecule has 1 heterocycles. The lowest BCUT2D eigenvalue weighted by atomic mass is 10.1. The van der Waals surface area contributed by atoms with Crippen LogP contribution in [0.4, 0.5) is 0 Å². The fourth-order valence-corrected chi connectivity index (χ4v) is 2.33. The second kappa shape index (κ2) is 6.37. The smallest absolute Gasteiger partial charge is 0.142 e. The molecule has 0 saturated carbocycles. The molecule has 0 saturated heterocycles. The standard InChI is InChI=1S/C18H18N2O/c1-20-13-12-19-18(20)17(16-10-6-3-7-11-16)21-14-15-8-4-2-5-9-15/h2-13,17H,14H2,1H3. The van der Waals surface area contributed by atoms with Crippen molar-refractivity contribution in [3.05, 3.63) is 90.0 Å². The third-order valence-corrected chi connectivity index (χ3v) is 3.45.